The Morgan fingerprint density at radius 3 is 2.33 bits per heavy atom. The van der Waals surface area contributed by atoms with E-state index in [9.17, 15) is 18.0 Å². The van der Waals surface area contributed by atoms with Crippen LogP contribution < -0.4 is 5.32 Å². The number of anilines is 1. The highest BCUT2D eigenvalue weighted by atomic mass is 32.2. The van der Waals surface area contributed by atoms with Gasteiger partial charge < -0.3 is 19.5 Å². The van der Waals surface area contributed by atoms with E-state index in [2.05, 4.69) is 5.32 Å². The largest absolute Gasteiger partial charge is 0.372 e. The van der Waals surface area contributed by atoms with Crippen molar-refractivity contribution in [2.45, 2.75) is 37.5 Å². The topological polar surface area (TPSA) is 97.7 Å². The number of nitrogens with one attached hydrogen (secondary N) is 1. The number of sulfone groups is 1. The number of amides is 2. The average molecular weight is 470 g/mol. The molecule has 2 atom stereocenters. The lowest BCUT2D eigenvalue weighted by Gasteiger charge is -2.35. The highest BCUT2D eigenvalue weighted by molar-refractivity contribution is 7.92. The second-order valence-corrected chi connectivity index (χ2v) is 10.3. The molecule has 0 aliphatic carbocycles. The van der Waals surface area contributed by atoms with E-state index in [1.54, 1.807) is 64.1 Å². The fourth-order valence-electron chi connectivity index (χ4n) is 4.19. The molecular weight excluding hydrogens is 442 g/mol. The number of aromatic nitrogens is 1. The zero-order valence-electron chi connectivity index (χ0n) is 18.6. The number of nitrogens with zero attached hydrogens (tertiary/aromatic N) is 2. The molecule has 1 saturated heterocycles. The minimum Gasteiger partial charge on any atom is -0.372 e. The Morgan fingerprint density at radius 1 is 1.00 bits per heavy atom. The zero-order valence-corrected chi connectivity index (χ0v) is 19.4. The first kappa shape index (κ1) is 23.0. The molecule has 174 valence electrons. The van der Waals surface area contributed by atoms with E-state index in [-0.39, 0.29) is 29.6 Å². The normalized spacial score (nSPS) is 18.9. The van der Waals surface area contributed by atoms with Gasteiger partial charge in [-0.25, -0.2) is 8.42 Å². The summed E-state index contributed by atoms with van der Waals surface area (Å²) >= 11 is 0. The summed E-state index contributed by atoms with van der Waals surface area (Å²) in [5.74, 6) is -1.42. The van der Waals surface area contributed by atoms with Crippen LogP contribution in [0, 0.1) is 0 Å². The summed E-state index contributed by atoms with van der Waals surface area (Å²) in [6, 6.07) is 15.7. The molecule has 1 aromatic heterocycles. The van der Waals surface area contributed by atoms with Gasteiger partial charge in [0.05, 0.1) is 17.1 Å². The summed E-state index contributed by atoms with van der Waals surface area (Å²) in [6.07, 6.45) is 1.34. The van der Waals surface area contributed by atoms with Crippen molar-refractivity contribution in [2.75, 3.05) is 24.2 Å². The summed E-state index contributed by atoms with van der Waals surface area (Å²) < 4.78 is 33.6. The number of hydrogen-bond acceptors (Lipinski definition) is 5. The van der Waals surface area contributed by atoms with Gasteiger partial charge in [0, 0.05) is 35.9 Å². The van der Waals surface area contributed by atoms with E-state index in [0.717, 1.165) is 0 Å². The highest BCUT2D eigenvalue weighted by Crippen LogP contribution is 2.27. The van der Waals surface area contributed by atoms with Gasteiger partial charge in [0.15, 0.2) is 9.84 Å². The fourth-order valence-corrected chi connectivity index (χ4v) is 5.56. The molecule has 0 radical (unpaired) electrons. The van der Waals surface area contributed by atoms with Crippen molar-refractivity contribution in [3.63, 3.8) is 0 Å². The maximum absolute atomic E-state index is 13.1. The van der Waals surface area contributed by atoms with Crippen molar-refractivity contribution in [1.82, 2.24) is 9.47 Å². The van der Waals surface area contributed by atoms with Crippen molar-refractivity contribution in [3.8, 4) is 0 Å². The first-order valence-corrected chi connectivity index (χ1v) is 12.5. The van der Waals surface area contributed by atoms with Gasteiger partial charge in [0.1, 0.15) is 12.3 Å². The lowest BCUT2D eigenvalue weighted by molar-refractivity contribution is -0.143. The van der Waals surface area contributed by atoms with Crippen LogP contribution in [0.25, 0.3) is 10.9 Å². The molecule has 0 saturated carbocycles. The van der Waals surface area contributed by atoms with Crippen LogP contribution in [-0.4, -0.2) is 60.7 Å². The minimum atomic E-state index is -3.94. The minimum absolute atomic E-state index is 0.00564. The molecular formula is C24H27N3O5S. The van der Waals surface area contributed by atoms with Gasteiger partial charge in [-0.3, -0.25) is 9.59 Å². The molecule has 8 nitrogen and oxygen atoms in total. The molecule has 0 bridgehead atoms. The van der Waals surface area contributed by atoms with Crippen molar-refractivity contribution in [1.29, 1.82) is 0 Å². The number of carbonyl (C=O) groups is 2. The van der Waals surface area contributed by atoms with Crippen LogP contribution in [0.1, 0.15) is 13.8 Å². The maximum Gasteiger partial charge on any atom is 0.242 e. The van der Waals surface area contributed by atoms with Gasteiger partial charge in [-0.15, -0.1) is 0 Å². The molecule has 4 rings (SSSR count). The van der Waals surface area contributed by atoms with Crippen LogP contribution >= 0.6 is 0 Å². The molecule has 2 aromatic carbocycles. The third-order valence-electron chi connectivity index (χ3n) is 5.54. The lowest BCUT2D eigenvalue weighted by atomic mass is 10.2. The van der Waals surface area contributed by atoms with Crippen LogP contribution in [0.5, 0.6) is 0 Å². The number of rotatable bonds is 6. The first-order valence-electron chi connectivity index (χ1n) is 10.8. The number of hydrogen-bond donors (Lipinski definition) is 1. The Morgan fingerprint density at radius 2 is 1.64 bits per heavy atom. The first-order chi connectivity index (χ1) is 15.7. The van der Waals surface area contributed by atoms with Crippen LogP contribution in [0.15, 0.2) is 65.7 Å². The van der Waals surface area contributed by atoms with Crippen LogP contribution in [0.2, 0.25) is 0 Å². The fraction of sp³-hybridized carbons (Fsp3) is 0.333. The predicted octanol–water partition coefficient (Wildman–Crippen LogP) is 2.69. The summed E-state index contributed by atoms with van der Waals surface area (Å²) in [4.78, 5) is 27.2. The molecule has 2 unspecified atom stereocenters. The lowest BCUT2D eigenvalue weighted by Crippen LogP contribution is -2.49. The molecule has 1 aliphatic rings. The third kappa shape index (κ3) is 5.26. The summed E-state index contributed by atoms with van der Waals surface area (Å²) in [5.41, 5.74) is 1.15. The van der Waals surface area contributed by atoms with Crippen molar-refractivity contribution in [2.24, 2.45) is 0 Å². The molecule has 2 amide bonds. The Hall–Kier alpha value is -3.17. The van der Waals surface area contributed by atoms with Crippen molar-refractivity contribution in [3.05, 3.63) is 60.8 Å². The summed E-state index contributed by atoms with van der Waals surface area (Å²) in [6.45, 7) is 4.84. The Kier molecular flexibility index (Phi) is 6.53. The Labute approximate surface area is 193 Å². The molecule has 0 spiro atoms. The second-order valence-electron chi connectivity index (χ2n) is 8.37. The van der Waals surface area contributed by atoms with Gasteiger partial charge in [-0.2, -0.15) is 0 Å². The highest BCUT2D eigenvalue weighted by Gasteiger charge is 2.28. The van der Waals surface area contributed by atoms with Gasteiger partial charge in [0.2, 0.25) is 11.8 Å². The van der Waals surface area contributed by atoms with Gasteiger partial charge in [-0.1, -0.05) is 36.4 Å². The standard InChI is InChI=1S/C24H27N3O5S/c1-17-12-27(13-18(2)32-17)24(29)15-26-14-22(20-10-6-7-11-21(20)26)33(30,31)16-23(28)25-19-8-4-3-5-9-19/h3-11,14,17-18H,12-13,15-16H2,1-2H3,(H,25,28). The zero-order chi connectivity index (χ0) is 23.6. The summed E-state index contributed by atoms with van der Waals surface area (Å²) in [7, 11) is -3.94. The van der Waals surface area contributed by atoms with Crippen LogP contribution in [0.3, 0.4) is 0 Å². The molecule has 3 aromatic rings. The third-order valence-corrected chi connectivity index (χ3v) is 7.18. The van der Waals surface area contributed by atoms with Gasteiger partial charge in [0.25, 0.3) is 0 Å². The predicted molar refractivity (Wildman–Crippen MR) is 126 cm³/mol. The average Bonchev–Trinajstić information content (AvgIpc) is 3.13. The second kappa shape index (κ2) is 9.36. The van der Waals surface area contributed by atoms with Gasteiger partial charge >= 0.3 is 0 Å². The Balaban J connectivity index is 1.57. The van der Waals surface area contributed by atoms with Crippen molar-refractivity contribution >= 4 is 38.2 Å². The number of ether oxygens (including phenoxy) is 1. The van der Waals surface area contributed by atoms with E-state index in [4.69, 9.17) is 4.74 Å². The van der Waals surface area contributed by atoms with E-state index >= 15 is 0 Å². The smallest absolute Gasteiger partial charge is 0.242 e. The molecule has 1 aliphatic heterocycles. The number of carbonyl (C=O) groups excluding carboxylic acids is 2. The van der Waals surface area contributed by atoms with E-state index in [0.29, 0.717) is 29.7 Å². The molecule has 2 heterocycles. The van der Waals surface area contributed by atoms with Crippen LogP contribution in [0.4, 0.5) is 5.69 Å². The number of benzene rings is 2. The van der Waals surface area contributed by atoms with E-state index in [1.165, 1.54) is 6.20 Å². The molecule has 33 heavy (non-hydrogen) atoms. The van der Waals surface area contributed by atoms with Crippen molar-refractivity contribution < 1.29 is 22.7 Å². The maximum atomic E-state index is 13.1. The van der Waals surface area contributed by atoms with Crippen LogP contribution in [-0.2, 0) is 30.7 Å². The quantitative estimate of drug-likeness (QED) is 0.599. The van der Waals surface area contributed by atoms with E-state index < -0.39 is 21.5 Å². The SMILES string of the molecule is CC1CN(C(=O)Cn2cc(S(=O)(=O)CC(=O)Nc3ccccc3)c3ccccc32)CC(C)O1. The van der Waals surface area contributed by atoms with Gasteiger partial charge in [-0.05, 0) is 32.0 Å². The number of fused-ring (bicyclic) bond motifs is 1. The molecule has 1 N–H and O–H groups in total. The summed E-state index contributed by atoms with van der Waals surface area (Å²) in [5, 5.41) is 3.10. The monoisotopic (exact) mass is 469 g/mol. The number of para-hydroxylation sites is 2. The van der Waals surface area contributed by atoms with E-state index in [1.807, 2.05) is 13.8 Å². The number of morpholine rings is 1. The molecule has 1 fully saturated rings. The Bertz CT molecular complexity index is 1260. The molecule has 9 heteroatoms.